The molecule has 0 spiro atoms. The Morgan fingerprint density at radius 1 is 0.966 bits per heavy atom. The number of aromatic amines is 1. The van der Waals surface area contributed by atoms with Crippen LogP contribution < -0.4 is 10.6 Å². The lowest BCUT2D eigenvalue weighted by atomic mass is 9.90. The molecule has 0 saturated carbocycles. The second kappa shape index (κ2) is 6.67. The molecule has 1 aliphatic carbocycles. The largest absolute Gasteiger partial charge is 0.358 e. The highest BCUT2D eigenvalue weighted by Gasteiger charge is 2.20. The summed E-state index contributed by atoms with van der Waals surface area (Å²) in [5.41, 5.74) is 9.37. The lowest BCUT2D eigenvalue weighted by molar-refractivity contribution is 0.462. The van der Waals surface area contributed by atoms with Crippen LogP contribution in [0.4, 0.5) is 11.4 Å². The van der Waals surface area contributed by atoms with Crippen molar-refractivity contribution < 1.29 is 0 Å². The number of fused-ring (bicyclic) bond motifs is 4. The van der Waals surface area contributed by atoms with Gasteiger partial charge in [-0.15, -0.1) is 0 Å². The van der Waals surface area contributed by atoms with E-state index in [0.29, 0.717) is 5.92 Å². The highest BCUT2D eigenvalue weighted by atomic mass is 14.9. The molecule has 3 N–H and O–H groups in total. The number of nitrogens with zero attached hydrogens (tertiary/aromatic N) is 1. The first-order chi connectivity index (χ1) is 14.3. The Hall–Kier alpha value is -2.72. The fourth-order valence-corrected chi connectivity index (χ4v) is 5.46. The summed E-state index contributed by atoms with van der Waals surface area (Å²) in [4.78, 5) is 3.64. The highest BCUT2D eigenvalue weighted by molar-refractivity contribution is 5.91. The maximum Gasteiger partial charge on any atom is 0.0482 e. The van der Waals surface area contributed by atoms with E-state index >= 15 is 0 Å². The lowest BCUT2D eigenvalue weighted by Crippen LogP contribution is -2.26. The zero-order valence-electron chi connectivity index (χ0n) is 17.0. The van der Waals surface area contributed by atoms with Crippen molar-refractivity contribution in [1.82, 2.24) is 14.9 Å². The third-order valence-electron chi connectivity index (χ3n) is 6.94. The fourth-order valence-electron chi connectivity index (χ4n) is 5.46. The Kier molecular flexibility index (Phi) is 3.95. The first kappa shape index (κ1) is 17.2. The Bertz CT molecular complexity index is 1210. The second-order valence-corrected chi connectivity index (χ2v) is 8.77. The minimum absolute atomic E-state index is 0.660. The van der Waals surface area contributed by atoms with Gasteiger partial charge in [0.1, 0.15) is 0 Å². The molecule has 1 fully saturated rings. The van der Waals surface area contributed by atoms with E-state index in [1.807, 2.05) is 0 Å². The van der Waals surface area contributed by atoms with Gasteiger partial charge < -0.3 is 20.2 Å². The number of rotatable bonds is 3. The number of nitrogens with one attached hydrogen (secondary N) is 3. The quantitative estimate of drug-likeness (QED) is 0.445. The van der Waals surface area contributed by atoms with Gasteiger partial charge in [0.2, 0.25) is 0 Å². The van der Waals surface area contributed by atoms with E-state index in [1.165, 1.54) is 70.7 Å². The summed E-state index contributed by atoms with van der Waals surface area (Å²) in [6, 6.07) is 13.6. The lowest BCUT2D eigenvalue weighted by Gasteiger charge is -2.22. The molecule has 0 amide bonds. The van der Waals surface area contributed by atoms with Crippen LogP contribution >= 0.6 is 0 Å². The Labute approximate surface area is 171 Å². The van der Waals surface area contributed by atoms with Crippen LogP contribution in [-0.2, 0) is 19.9 Å². The maximum atomic E-state index is 3.65. The molecule has 1 aliphatic heterocycles. The molecular weight excluding hydrogens is 356 g/mol. The van der Waals surface area contributed by atoms with Crippen molar-refractivity contribution in [3.8, 4) is 0 Å². The van der Waals surface area contributed by atoms with E-state index < -0.39 is 0 Å². The van der Waals surface area contributed by atoms with Crippen LogP contribution in [0, 0.1) is 0 Å². The average molecular weight is 385 g/mol. The van der Waals surface area contributed by atoms with Crippen LogP contribution in [0.15, 0.2) is 42.6 Å². The number of piperidine rings is 1. The van der Waals surface area contributed by atoms with Gasteiger partial charge in [-0.3, -0.25) is 0 Å². The SMILES string of the molecule is Cn1cc(C2CCNCC2)c2cc(Nc3ccc4c5c([nH]c4c3)CCC5)ccc21. The first-order valence-electron chi connectivity index (χ1n) is 11.0. The molecule has 0 radical (unpaired) electrons. The molecule has 4 aromatic rings. The van der Waals surface area contributed by atoms with Gasteiger partial charge in [-0.05, 0) is 92.6 Å². The topological polar surface area (TPSA) is 44.8 Å². The van der Waals surface area contributed by atoms with Gasteiger partial charge in [0.25, 0.3) is 0 Å². The van der Waals surface area contributed by atoms with Gasteiger partial charge in [-0.1, -0.05) is 6.07 Å². The van der Waals surface area contributed by atoms with Crippen LogP contribution in [0.2, 0.25) is 0 Å². The average Bonchev–Trinajstić information content (AvgIpc) is 3.42. The predicted molar refractivity (Wildman–Crippen MR) is 121 cm³/mol. The fraction of sp³-hybridized carbons (Fsp3) is 0.360. The molecule has 0 unspecified atom stereocenters. The van der Waals surface area contributed by atoms with Crippen LogP contribution in [0.3, 0.4) is 0 Å². The number of aryl methyl sites for hydroxylation is 3. The number of H-pyrrole nitrogens is 1. The zero-order valence-corrected chi connectivity index (χ0v) is 17.0. The third-order valence-corrected chi connectivity index (χ3v) is 6.94. The number of hydrogen-bond donors (Lipinski definition) is 3. The van der Waals surface area contributed by atoms with Crippen molar-refractivity contribution in [2.75, 3.05) is 18.4 Å². The first-order valence-corrected chi connectivity index (χ1v) is 11.0. The summed E-state index contributed by atoms with van der Waals surface area (Å²) in [5.74, 6) is 0.660. The normalized spacial score (nSPS) is 17.3. The standard InChI is InChI=1S/C25H28N4/c1-29-15-22(16-9-11-26-12-10-16)21-13-17(6-8-25(21)29)27-18-5-7-20-19-3-2-4-23(19)28-24(20)14-18/h5-8,13-16,26-28H,2-4,9-12H2,1H3. The van der Waals surface area contributed by atoms with Gasteiger partial charge in [0.15, 0.2) is 0 Å². The summed E-state index contributed by atoms with van der Waals surface area (Å²) in [6.07, 6.45) is 8.49. The molecule has 1 saturated heterocycles. The molecule has 4 heteroatoms. The summed E-state index contributed by atoms with van der Waals surface area (Å²) < 4.78 is 2.28. The van der Waals surface area contributed by atoms with E-state index in [2.05, 4.69) is 69.8 Å². The molecule has 3 heterocycles. The van der Waals surface area contributed by atoms with Crippen molar-refractivity contribution in [3.05, 3.63) is 59.4 Å². The van der Waals surface area contributed by atoms with Gasteiger partial charge in [0, 0.05) is 52.1 Å². The number of aromatic nitrogens is 2. The van der Waals surface area contributed by atoms with Crippen molar-refractivity contribution >= 4 is 33.2 Å². The Morgan fingerprint density at radius 3 is 2.69 bits per heavy atom. The molecule has 0 atom stereocenters. The molecule has 2 aromatic carbocycles. The number of anilines is 2. The van der Waals surface area contributed by atoms with Crippen molar-refractivity contribution in [2.24, 2.45) is 7.05 Å². The molecule has 0 bridgehead atoms. The smallest absolute Gasteiger partial charge is 0.0482 e. The zero-order chi connectivity index (χ0) is 19.4. The van der Waals surface area contributed by atoms with Crippen LogP contribution in [0.5, 0.6) is 0 Å². The summed E-state index contributed by atoms with van der Waals surface area (Å²) >= 11 is 0. The minimum Gasteiger partial charge on any atom is -0.358 e. The van der Waals surface area contributed by atoms with E-state index in [1.54, 1.807) is 0 Å². The second-order valence-electron chi connectivity index (χ2n) is 8.77. The Balaban J connectivity index is 1.35. The van der Waals surface area contributed by atoms with Gasteiger partial charge in [-0.2, -0.15) is 0 Å². The van der Waals surface area contributed by atoms with E-state index in [4.69, 9.17) is 0 Å². The molecule has 4 nitrogen and oxygen atoms in total. The maximum absolute atomic E-state index is 3.65. The highest BCUT2D eigenvalue weighted by Crippen LogP contribution is 2.35. The van der Waals surface area contributed by atoms with Gasteiger partial charge in [-0.25, -0.2) is 0 Å². The van der Waals surface area contributed by atoms with Crippen LogP contribution in [0.1, 0.15) is 42.0 Å². The van der Waals surface area contributed by atoms with Crippen LogP contribution in [-0.4, -0.2) is 22.6 Å². The van der Waals surface area contributed by atoms with Gasteiger partial charge >= 0.3 is 0 Å². The number of benzene rings is 2. The third kappa shape index (κ3) is 2.85. The van der Waals surface area contributed by atoms with Crippen molar-refractivity contribution in [1.29, 1.82) is 0 Å². The molecular formula is C25H28N4. The number of hydrogen-bond acceptors (Lipinski definition) is 2. The Morgan fingerprint density at radius 2 is 1.79 bits per heavy atom. The van der Waals surface area contributed by atoms with Crippen molar-refractivity contribution in [3.63, 3.8) is 0 Å². The molecule has 2 aliphatic rings. The molecule has 2 aromatic heterocycles. The van der Waals surface area contributed by atoms with E-state index in [9.17, 15) is 0 Å². The summed E-state index contributed by atoms with van der Waals surface area (Å²) in [5, 5.41) is 9.93. The molecule has 29 heavy (non-hydrogen) atoms. The van der Waals surface area contributed by atoms with Crippen molar-refractivity contribution in [2.45, 2.75) is 38.0 Å². The van der Waals surface area contributed by atoms with E-state index in [-0.39, 0.29) is 0 Å². The van der Waals surface area contributed by atoms with Crippen LogP contribution in [0.25, 0.3) is 21.8 Å². The molecule has 148 valence electrons. The minimum atomic E-state index is 0.660. The monoisotopic (exact) mass is 384 g/mol. The summed E-state index contributed by atoms with van der Waals surface area (Å²) in [6.45, 7) is 2.25. The van der Waals surface area contributed by atoms with Gasteiger partial charge in [0.05, 0.1) is 0 Å². The van der Waals surface area contributed by atoms with E-state index in [0.717, 1.165) is 24.5 Å². The summed E-state index contributed by atoms with van der Waals surface area (Å²) in [7, 11) is 2.17. The predicted octanol–water partition coefficient (Wildman–Crippen LogP) is 5.36. The molecule has 6 rings (SSSR count).